The Kier molecular flexibility index (Phi) is 5.08. The minimum atomic E-state index is 0.444. The molecule has 2 fully saturated rings. The quantitative estimate of drug-likeness (QED) is 0.805. The van der Waals surface area contributed by atoms with Crippen molar-refractivity contribution in [3.63, 3.8) is 0 Å². The van der Waals surface area contributed by atoms with Crippen LogP contribution in [0.25, 0.3) is 0 Å². The molecule has 1 aliphatic heterocycles. The van der Waals surface area contributed by atoms with E-state index in [1.165, 1.54) is 64.5 Å². The number of nitrogens with zero attached hydrogens (tertiary/aromatic N) is 1. The Bertz CT molecular complexity index is 241. The van der Waals surface area contributed by atoms with Crippen LogP contribution in [0.5, 0.6) is 0 Å². The molecule has 0 aromatic rings. The molecule has 1 heterocycles. The van der Waals surface area contributed by atoms with E-state index in [-0.39, 0.29) is 0 Å². The smallest absolute Gasteiger partial charge is 0.0332 e. The summed E-state index contributed by atoms with van der Waals surface area (Å²) in [6, 6.07) is 1.62. The maximum absolute atomic E-state index is 3.82. The van der Waals surface area contributed by atoms with Crippen molar-refractivity contribution in [3.05, 3.63) is 0 Å². The number of hydrogen-bond acceptors (Lipinski definition) is 2. The Morgan fingerprint density at radius 1 is 1.11 bits per heavy atom. The monoisotopic (exact) mass is 252 g/mol. The molecule has 106 valence electrons. The summed E-state index contributed by atoms with van der Waals surface area (Å²) < 4.78 is 0. The van der Waals surface area contributed by atoms with Crippen LogP contribution in [0, 0.1) is 0 Å². The highest BCUT2D eigenvalue weighted by molar-refractivity contribution is 5.00. The first-order chi connectivity index (χ1) is 8.75. The fourth-order valence-corrected chi connectivity index (χ4v) is 4.13. The van der Waals surface area contributed by atoms with Crippen LogP contribution in [0.3, 0.4) is 0 Å². The van der Waals surface area contributed by atoms with Gasteiger partial charge in [0.15, 0.2) is 0 Å². The van der Waals surface area contributed by atoms with Crippen molar-refractivity contribution in [3.8, 4) is 0 Å². The lowest BCUT2D eigenvalue weighted by atomic mass is 9.85. The van der Waals surface area contributed by atoms with Gasteiger partial charge in [-0.3, -0.25) is 4.90 Å². The van der Waals surface area contributed by atoms with Crippen LogP contribution in [0.2, 0.25) is 0 Å². The molecule has 1 N–H and O–H groups in total. The molecule has 1 saturated heterocycles. The summed E-state index contributed by atoms with van der Waals surface area (Å²) in [4.78, 5) is 2.91. The summed E-state index contributed by atoms with van der Waals surface area (Å²) in [6.45, 7) is 9.57. The Labute approximate surface area is 114 Å². The number of nitrogens with one attached hydrogen (secondary N) is 1. The van der Waals surface area contributed by atoms with Gasteiger partial charge in [0.1, 0.15) is 0 Å². The van der Waals surface area contributed by atoms with Crippen molar-refractivity contribution < 1.29 is 0 Å². The molecule has 1 saturated carbocycles. The van der Waals surface area contributed by atoms with Gasteiger partial charge in [0.25, 0.3) is 0 Å². The molecular formula is C16H32N2. The summed E-state index contributed by atoms with van der Waals surface area (Å²) in [7, 11) is 0. The average Bonchev–Trinajstić information content (AvgIpc) is 2.93. The van der Waals surface area contributed by atoms with E-state index < -0.39 is 0 Å². The van der Waals surface area contributed by atoms with Gasteiger partial charge in [0, 0.05) is 30.7 Å². The molecule has 0 spiro atoms. The molecule has 2 rings (SSSR count). The van der Waals surface area contributed by atoms with Gasteiger partial charge < -0.3 is 5.32 Å². The van der Waals surface area contributed by atoms with Gasteiger partial charge in [0.2, 0.25) is 0 Å². The van der Waals surface area contributed by atoms with Gasteiger partial charge in [-0.25, -0.2) is 0 Å². The van der Waals surface area contributed by atoms with Crippen molar-refractivity contribution in [1.82, 2.24) is 10.2 Å². The fraction of sp³-hybridized carbons (Fsp3) is 1.00. The molecule has 0 aromatic heterocycles. The van der Waals surface area contributed by atoms with Crippen LogP contribution in [0.15, 0.2) is 0 Å². The van der Waals surface area contributed by atoms with E-state index in [9.17, 15) is 0 Å². The third kappa shape index (κ3) is 2.75. The maximum atomic E-state index is 3.82. The second kappa shape index (κ2) is 6.38. The first-order valence-corrected chi connectivity index (χ1v) is 8.26. The minimum absolute atomic E-state index is 0.444. The highest BCUT2D eigenvalue weighted by Gasteiger charge is 2.42. The lowest BCUT2D eigenvalue weighted by Gasteiger charge is -2.52. The van der Waals surface area contributed by atoms with Crippen molar-refractivity contribution in [2.75, 3.05) is 13.1 Å². The van der Waals surface area contributed by atoms with Crippen molar-refractivity contribution in [2.45, 2.75) is 89.8 Å². The molecule has 2 aliphatic rings. The molecular weight excluding hydrogens is 220 g/mol. The summed E-state index contributed by atoms with van der Waals surface area (Å²) >= 11 is 0. The van der Waals surface area contributed by atoms with Gasteiger partial charge in [-0.05, 0) is 32.1 Å². The first-order valence-electron chi connectivity index (χ1n) is 8.26. The predicted molar refractivity (Wildman–Crippen MR) is 79.0 cm³/mol. The van der Waals surface area contributed by atoms with Gasteiger partial charge >= 0.3 is 0 Å². The van der Waals surface area contributed by atoms with Crippen molar-refractivity contribution in [2.24, 2.45) is 0 Å². The van der Waals surface area contributed by atoms with E-state index >= 15 is 0 Å². The molecule has 1 aliphatic carbocycles. The normalized spacial score (nSPS) is 29.8. The molecule has 0 bridgehead atoms. The largest absolute Gasteiger partial charge is 0.311 e. The van der Waals surface area contributed by atoms with Gasteiger partial charge in [-0.15, -0.1) is 0 Å². The van der Waals surface area contributed by atoms with Crippen LogP contribution in [-0.4, -0.2) is 35.6 Å². The number of hydrogen-bond donors (Lipinski definition) is 1. The highest BCUT2D eigenvalue weighted by Crippen LogP contribution is 2.35. The lowest BCUT2D eigenvalue weighted by molar-refractivity contribution is -0.00434. The zero-order valence-electron chi connectivity index (χ0n) is 12.7. The molecule has 2 nitrogen and oxygen atoms in total. The lowest BCUT2D eigenvalue weighted by Crippen LogP contribution is -2.66. The number of piperazine rings is 1. The molecule has 1 atom stereocenters. The van der Waals surface area contributed by atoms with Crippen LogP contribution in [0.4, 0.5) is 0 Å². The summed E-state index contributed by atoms with van der Waals surface area (Å²) in [6.07, 6.45) is 11.0. The standard InChI is InChI=1S/C16H32N2/c1-4-9-14-12-18(15-10-7-8-11-15)16(5-2,6-3)13-17-14/h14-15,17H,4-13H2,1-3H3. The molecule has 1 unspecified atom stereocenters. The molecule has 0 radical (unpaired) electrons. The van der Waals surface area contributed by atoms with Crippen molar-refractivity contribution in [1.29, 1.82) is 0 Å². The van der Waals surface area contributed by atoms with E-state index in [1.807, 2.05) is 0 Å². The first kappa shape index (κ1) is 14.3. The van der Waals surface area contributed by atoms with Crippen LogP contribution in [-0.2, 0) is 0 Å². The van der Waals surface area contributed by atoms with Crippen LogP contribution < -0.4 is 5.32 Å². The minimum Gasteiger partial charge on any atom is -0.311 e. The topological polar surface area (TPSA) is 15.3 Å². The number of rotatable bonds is 5. The molecule has 2 heteroatoms. The second-order valence-corrected chi connectivity index (χ2v) is 6.39. The third-order valence-corrected chi connectivity index (χ3v) is 5.46. The molecule has 0 amide bonds. The highest BCUT2D eigenvalue weighted by atomic mass is 15.3. The Balaban J connectivity index is 2.09. The molecule has 18 heavy (non-hydrogen) atoms. The third-order valence-electron chi connectivity index (χ3n) is 5.46. The van der Waals surface area contributed by atoms with E-state index in [4.69, 9.17) is 0 Å². The molecule has 0 aromatic carbocycles. The zero-order valence-corrected chi connectivity index (χ0v) is 12.7. The van der Waals surface area contributed by atoms with E-state index in [1.54, 1.807) is 0 Å². The van der Waals surface area contributed by atoms with E-state index in [2.05, 4.69) is 31.0 Å². The SMILES string of the molecule is CCCC1CN(C2CCCC2)C(CC)(CC)CN1. The average molecular weight is 252 g/mol. The van der Waals surface area contributed by atoms with Gasteiger partial charge in [0.05, 0.1) is 0 Å². The Morgan fingerprint density at radius 3 is 2.33 bits per heavy atom. The van der Waals surface area contributed by atoms with Crippen LogP contribution >= 0.6 is 0 Å². The van der Waals surface area contributed by atoms with E-state index in [0.29, 0.717) is 5.54 Å². The predicted octanol–water partition coefficient (Wildman–Crippen LogP) is 3.56. The Hall–Kier alpha value is -0.0800. The van der Waals surface area contributed by atoms with Crippen LogP contribution in [0.1, 0.15) is 72.1 Å². The summed E-state index contributed by atoms with van der Waals surface area (Å²) in [5.41, 5.74) is 0.444. The summed E-state index contributed by atoms with van der Waals surface area (Å²) in [5.74, 6) is 0. The second-order valence-electron chi connectivity index (χ2n) is 6.39. The fourth-order valence-electron chi connectivity index (χ4n) is 4.13. The zero-order chi connectivity index (χ0) is 13.0. The van der Waals surface area contributed by atoms with Crippen molar-refractivity contribution >= 4 is 0 Å². The van der Waals surface area contributed by atoms with Gasteiger partial charge in [-0.2, -0.15) is 0 Å². The van der Waals surface area contributed by atoms with E-state index in [0.717, 1.165) is 12.1 Å². The summed E-state index contributed by atoms with van der Waals surface area (Å²) in [5, 5.41) is 3.82. The van der Waals surface area contributed by atoms with Gasteiger partial charge in [-0.1, -0.05) is 40.0 Å². The Morgan fingerprint density at radius 2 is 1.78 bits per heavy atom. The maximum Gasteiger partial charge on any atom is 0.0332 e.